The number of pyridine rings is 1. The van der Waals surface area contributed by atoms with Crippen molar-refractivity contribution in [3.8, 4) is 11.6 Å². The van der Waals surface area contributed by atoms with E-state index in [0.717, 1.165) is 24.3 Å². The molecular formula is C23H27IN4O2. The Morgan fingerprint density at radius 3 is 2.27 bits per heavy atom. The first-order valence-electron chi connectivity index (χ1n) is 9.63. The van der Waals surface area contributed by atoms with Crippen molar-refractivity contribution in [1.29, 1.82) is 0 Å². The van der Waals surface area contributed by atoms with Crippen LogP contribution in [0.4, 0.5) is 0 Å². The molecule has 0 spiro atoms. The maximum atomic E-state index is 5.92. The number of guanidine groups is 1. The van der Waals surface area contributed by atoms with Crippen LogP contribution in [0.25, 0.3) is 0 Å². The molecule has 3 N–H and O–H groups in total. The zero-order valence-electron chi connectivity index (χ0n) is 16.7. The lowest BCUT2D eigenvalue weighted by atomic mass is 10.1. The zero-order valence-corrected chi connectivity index (χ0v) is 19.1. The molecule has 3 aromatic rings. The van der Waals surface area contributed by atoms with Gasteiger partial charge in [0, 0.05) is 18.8 Å². The number of ether oxygens (including phenoxy) is 2. The van der Waals surface area contributed by atoms with Crippen LogP contribution in [0.15, 0.2) is 84.0 Å². The largest absolute Gasteiger partial charge is 0.490 e. The monoisotopic (exact) mass is 518 g/mol. The average molecular weight is 518 g/mol. The smallest absolute Gasteiger partial charge is 0.213 e. The first-order valence-corrected chi connectivity index (χ1v) is 9.63. The number of nitrogens with one attached hydrogen (secondary N) is 1. The van der Waals surface area contributed by atoms with Crippen LogP contribution in [0.5, 0.6) is 11.6 Å². The Kier molecular flexibility index (Phi) is 10.5. The van der Waals surface area contributed by atoms with Crippen LogP contribution in [0, 0.1) is 0 Å². The van der Waals surface area contributed by atoms with E-state index in [1.165, 1.54) is 5.56 Å². The summed E-state index contributed by atoms with van der Waals surface area (Å²) in [4.78, 5) is 8.64. The summed E-state index contributed by atoms with van der Waals surface area (Å²) in [6.45, 7) is 2.10. The summed E-state index contributed by atoms with van der Waals surface area (Å²) >= 11 is 0. The number of hydrogen-bond acceptors (Lipinski definition) is 4. The number of benzene rings is 2. The van der Waals surface area contributed by atoms with Crippen molar-refractivity contribution in [1.82, 2.24) is 10.3 Å². The quantitative estimate of drug-likeness (QED) is 0.185. The highest BCUT2D eigenvalue weighted by molar-refractivity contribution is 14.0. The van der Waals surface area contributed by atoms with Crippen molar-refractivity contribution < 1.29 is 9.47 Å². The van der Waals surface area contributed by atoms with Gasteiger partial charge in [-0.1, -0.05) is 54.6 Å². The van der Waals surface area contributed by atoms with Crippen molar-refractivity contribution in [3.63, 3.8) is 0 Å². The SMILES string of the molecule is I.NC(=NCc1ccc(OCCOc2ccccc2)nc1)NCCc1ccccc1. The van der Waals surface area contributed by atoms with Gasteiger partial charge in [-0.15, -0.1) is 24.0 Å². The molecule has 30 heavy (non-hydrogen) atoms. The van der Waals surface area contributed by atoms with Gasteiger partial charge in [0.05, 0.1) is 6.54 Å². The number of aliphatic imine (C=N–C) groups is 1. The summed E-state index contributed by atoms with van der Waals surface area (Å²) in [7, 11) is 0. The Morgan fingerprint density at radius 1 is 0.867 bits per heavy atom. The highest BCUT2D eigenvalue weighted by Crippen LogP contribution is 2.10. The average Bonchev–Trinajstić information content (AvgIpc) is 2.77. The number of nitrogens with zero attached hydrogens (tertiary/aromatic N) is 2. The fraction of sp³-hybridized carbons (Fsp3) is 0.217. The molecule has 1 heterocycles. The van der Waals surface area contributed by atoms with E-state index in [2.05, 4.69) is 27.4 Å². The van der Waals surface area contributed by atoms with E-state index in [4.69, 9.17) is 15.2 Å². The van der Waals surface area contributed by atoms with Crippen molar-refractivity contribution in [2.45, 2.75) is 13.0 Å². The lowest BCUT2D eigenvalue weighted by molar-refractivity contribution is 0.212. The first-order chi connectivity index (χ1) is 14.3. The molecule has 0 aliphatic heterocycles. The van der Waals surface area contributed by atoms with Crippen LogP contribution in [0.3, 0.4) is 0 Å². The van der Waals surface area contributed by atoms with Crippen LogP contribution >= 0.6 is 24.0 Å². The van der Waals surface area contributed by atoms with Gasteiger partial charge < -0.3 is 20.5 Å². The molecule has 158 valence electrons. The van der Waals surface area contributed by atoms with Gasteiger partial charge in [0.25, 0.3) is 0 Å². The molecule has 1 aromatic heterocycles. The minimum absolute atomic E-state index is 0. The second-order valence-corrected chi connectivity index (χ2v) is 6.38. The van der Waals surface area contributed by atoms with E-state index >= 15 is 0 Å². The molecule has 0 radical (unpaired) electrons. The summed E-state index contributed by atoms with van der Waals surface area (Å²) in [5, 5.41) is 3.13. The number of para-hydroxylation sites is 1. The first kappa shape index (κ1) is 23.5. The summed E-state index contributed by atoms with van der Waals surface area (Å²) < 4.78 is 11.2. The van der Waals surface area contributed by atoms with Gasteiger partial charge in [-0.2, -0.15) is 0 Å². The third-order valence-corrected chi connectivity index (χ3v) is 4.14. The predicted octanol–water partition coefficient (Wildman–Crippen LogP) is 3.80. The minimum Gasteiger partial charge on any atom is -0.490 e. The Morgan fingerprint density at radius 2 is 1.57 bits per heavy atom. The number of nitrogens with two attached hydrogens (primary N) is 1. The third-order valence-electron chi connectivity index (χ3n) is 4.14. The Bertz CT molecular complexity index is 875. The lowest BCUT2D eigenvalue weighted by Gasteiger charge is -2.08. The lowest BCUT2D eigenvalue weighted by Crippen LogP contribution is -2.33. The van der Waals surface area contributed by atoms with Crippen LogP contribution in [-0.4, -0.2) is 30.7 Å². The molecule has 0 bridgehead atoms. The van der Waals surface area contributed by atoms with Gasteiger partial charge in [0.2, 0.25) is 5.88 Å². The zero-order chi connectivity index (χ0) is 20.2. The fourth-order valence-corrected chi connectivity index (χ4v) is 2.62. The van der Waals surface area contributed by atoms with Crippen molar-refractivity contribution in [2.24, 2.45) is 10.7 Å². The number of aromatic nitrogens is 1. The standard InChI is InChI=1S/C23H26N4O2.HI/c24-23(25-14-13-19-7-3-1-4-8-19)27-18-20-11-12-22(26-17-20)29-16-15-28-21-9-5-2-6-10-21;/h1-12,17H,13-16,18H2,(H3,24,25,27);1H. The van der Waals surface area contributed by atoms with E-state index < -0.39 is 0 Å². The molecule has 0 saturated carbocycles. The van der Waals surface area contributed by atoms with Gasteiger partial charge in [0.15, 0.2) is 5.96 Å². The molecular weight excluding hydrogens is 491 g/mol. The Labute approximate surface area is 194 Å². The molecule has 0 aliphatic carbocycles. The van der Waals surface area contributed by atoms with E-state index in [9.17, 15) is 0 Å². The third kappa shape index (κ3) is 8.69. The van der Waals surface area contributed by atoms with Crippen molar-refractivity contribution in [2.75, 3.05) is 19.8 Å². The van der Waals surface area contributed by atoms with Gasteiger partial charge in [-0.25, -0.2) is 9.98 Å². The molecule has 3 rings (SSSR count). The summed E-state index contributed by atoms with van der Waals surface area (Å²) in [6.07, 6.45) is 2.65. The summed E-state index contributed by atoms with van der Waals surface area (Å²) in [5.41, 5.74) is 8.15. The number of halogens is 1. The molecule has 0 aliphatic rings. The maximum Gasteiger partial charge on any atom is 0.213 e. The van der Waals surface area contributed by atoms with Crippen LogP contribution in [0.2, 0.25) is 0 Å². The van der Waals surface area contributed by atoms with Crippen molar-refractivity contribution >= 4 is 29.9 Å². The molecule has 0 unspecified atom stereocenters. The Hall–Kier alpha value is -2.81. The summed E-state index contributed by atoms with van der Waals surface area (Å²) in [5.74, 6) is 1.81. The predicted molar refractivity (Wildman–Crippen MR) is 131 cm³/mol. The second-order valence-electron chi connectivity index (χ2n) is 6.38. The maximum absolute atomic E-state index is 5.92. The van der Waals surface area contributed by atoms with Crippen molar-refractivity contribution in [3.05, 3.63) is 90.1 Å². The highest BCUT2D eigenvalue weighted by atomic mass is 127. The Balaban J connectivity index is 0.00000320. The van der Waals surface area contributed by atoms with E-state index in [0.29, 0.717) is 31.6 Å². The minimum atomic E-state index is 0. The number of hydrogen-bond donors (Lipinski definition) is 2. The molecule has 0 amide bonds. The topological polar surface area (TPSA) is 81.8 Å². The van der Waals surface area contributed by atoms with Gasteiger partial charge in [-0.05, 0) is 29.7 Å². The van der Waals surface area contributed by atoms with Gasteiger partial charge >= 0.3 is 0 Å². The molecule has 0 fully saturated rings. The molecule has 0 saturated heterocycles. The fourth-order valence-electron chi connectivity index (χ4n) is 2.62. The van der Waals surface area contributed by atoms with Crippen LogP contribution in [0.1, 0.15) is 11.1 Å². The van der Waals surface area contributed by atoms with E-state index in [-0.39, 0.29) is 24.0 Å². The molecule has 7 heteroatoms. The van der Waals surface area contributed by atoms with Gasteiger partial charge in [-0.3, -0.25) is 0 Å². The normalized spacial score (nSPS) is 10.7. The van der Waals surface area contributed by atoms with E-state index in [1.807, 2.05) is 60.7 Å². The van der Waals surface area contributed by atoms with Crippen LogP contribution < -0.4 is 20.5 Å². The number of rotatable bonds is 10. The van der Waals surface area contributed by atoms with Crippen LogP contribution in [-0.2, 0) is 13.0 Å². The summed E-state index contributed by atoms with van der Waals surface area (Å²) in [6, 6.07) is 23.7. The molecule has 0 atom stereocenters. The molecule has 2 aromatic carbocycles. The van der Waals surface area contributed by atoms with E-state index in [1.54, 1.807) is 6.20 Å². The van der Waals surface area contributed by atoms with Gasteiger partial charge in [0.1, 0.15) is 19.0 Å². The highest BCUT2D eigenvalue weighted by Gasteiger charge is 1.99. The molecule has 6 nitrogen and oxygen atoms in total. The second kappa shape index (κ2) is 13.4.